The van der Waals surface area contributed by atoms with Gasteiger partial charge in [0.25, 0.3) is 0 Å². The molecule has 106 valence electrons. The molecule has 1 fully saturated rings. The summed E-state index contributed by atoms with van der Waals surface area (Å²) in [6, 6.07) is 0.423. The van der Waals surface area contributed by atoms with Crippen molar-refractivity contribution in [1.82, 2.24) is 15.1 Å². The van der Waals surface area contributed by atoms with E-state index in [-0.39, 0.29) is 24.6 Å². The lowest BCUT2D eigenvalue weighted by molar-refractivity contribution is -0.118. The Morgan fingerprint density at radius 2 is 2.37 bits per heavy atom. The number of piperidine rings is 1. The first-order valence-electron chi connectivity index (χ1n) is 6.64. The van der Waals surface area contributed by atoms with E-state index < -0.39 is 0 Å². The fourth-order valence-electron chi connectivity index (χ4n) is 2.43. The standard InChI is InChI=1S/C12H20N4O3/c1-9-14-15-12(19-9)13-11(18)8-16-6-3-2-4-10(16)5-7-17/h10,17H,2-8H2,1H3,(H,13,15,18). The Hall–Kier alpha value is -1.47. The summed E-state index contributed by atoms with van der Waals surface area (Å²) in [6.45, 7) is 3.02. The highest BCUT2D eigenvalue weighted by Gasteiger charge is 2.24. The number of rotatable bonds is 5. The van der Waals surface area contributed by atoms with E-state index in [0.717, 1.165) is 25.8 Å². The van der Waals surface area contributed by atoms with Gasteiger partial charge in [0.1, 0.15) is 0 Å². The number of carbonyl (C=O) groups is 1. The Balaban J connectivity index is 1.86. The van der Waals surface area contributed by atoms with Gasteiger partial charge in [-0.1, -0.05) is 11.5 Å². The molecule has 1 aromatic rings. The van der Waals surface area contributed by atoms with Crippen LogP contribution in [-0.4, -0.2) is 51.8 Å². The average molecular weight is 268 g/mol. The van der Waals surface area contributed by atoms with Crippen molar-refractivity contribution >= 4 is 11.9 Å². The molecule has 1 unspecified atom stereocenters. The van der Waals surface area contributed by atoms with E-state index in [0.29, 0.717) is 18.9 Å². The summed E-state index contributed by atoms with van der Waals surface area (Å²) < 4.78 is 5.10. The number of nitrogens with zero attached hydrogens (tertiary/aromatic N) is 3. The SMILES string of the molecule is Cc1nnc(NC(=O)CN2CCCCC2CCO)o1. The molecule has 7 heteroatoms. The number of anilines is 1. The fourth-order valence-corrected chi connectivity index (χ4v) is 2.43. The highest BCUT2D eigenvalue weighted by atomic mass is 16.4. The quantitative estimate of drug-likeness (QED) is 0.810. The summed E-state index contributed by atoms with van der Waals surface area (Å²) in [6.07, 6.45) is 4.00. The maximum Gasteiger partial charge on any atom is 0.322 e. The summed E-state index contributed by atoms with van der Waals surface area (Å²) in [4.78, 5) is 14.0. The monoisotopic (exact) mass is 268 g/mol. The predicted octanol–water partition coefficient (Wildman–Crippen LogP) is 0.553. The number of likely N-dealkylation sites (tertiary alicyclic amines) is 1. The zero-order valence-corrected chi connectivity index (χ0v) is 11.1. The maximum atomic E-state index is 11.9. The van der Waals surface area contributed by atoms with Gasteiger partial charge in [-0.2, -0.15) is 0 Å². The summed E-state index contributed by atoms with van der Waals surface area (Å²) in [5.41, 5.74) is 0. The average Bonchev–Trinajstić information content (AvgIpc) is 2.77. The molecule has 1 saturated heterocycles. The highest BCUT2D eigenvalue weighted by Crippen LogP contribution is 2.19. The molecular formula is C12H20N4O3. The Kier molecular flexibility index (Phi) is 4.86. The van der Waals surface area contributed by atoms with Crippen LogP contribution < -0.4 is 5.32 Å². The lowest BCUT2D eigenvalue weighted by Crippen LogP contribution is -2.44. The van der Waals surface area contributed by atoms with Gasteiger partial charge in [0, 0.05) is 19.6 Å². The number of aliphatic hydroxyl groups excluding tert-OH is 1. The van der Waals surface area contributed by atoms with Crippen molar-refractivity contribution in [3.63, 3.8) is 0 Å². The fraction of sp³-hybridized carbons (Fsp3) is 0.750. The number of aliphatic hydroxyl groups is 1. The van der Waals surface area contributed by atoms with Crippen molar-refractivity contribution < 1.29 is 14.3 Å². The molecule has 7 nitrogen and oxygen atoms in total. The number of aryl methyl sites for hydroxylation is 1. The van der Waals surface area contributed by atoms with E-state index in [1.54, 1.807) is 6.92 Å². The van der Waals surface area contributed by atoms with E-state index in [2.05, 4.69) is 20.4 Å². The van der Waals surface area contributed by atoms with Crippen LogP contribution in [0.25, 0.3) is 0 Å². The zero-order chi connectivity index (χ0) is 13.7. The summed E-state index contributed by atoms with van der Waals surface area (Å²) >= 11 is 0. The lowest BCUT2D eigenvalue weighted by Gasteiger charge is -2.34. The Morgan fingerprint density at radius 1 is 1.53 bits per heavy atom. The molecule has 0 aliphatic carbocycles. The van der Waals surface area contributed by atoms with Gasteiger partial charge >= 0.3 is 6.01 Å². The molecular weight excluding hydrogens is 248 g/mol. The van der Waals surface area contributed by atoms with E-state index in [1.807, 2.05) is 0 Å². The van der Waals surface area contributed by atoms with E-state index in [1.165, 1.54) is 0 Å². The molecule has 0 aromatic carbocycles. The highest BCUT2D eigenvalue weighted by molar-refractivity contribution is 5.90. The summed E-state index contributed by atoms with van der Waals surface area (Å²) in [5.74, 6) is 0.264. The van der Waals surface area contributed by atoms with Crippen LogP contribution in [0.4, 0.5) is 6.01 Å². The summed E-state index contributed by atoms with van der Waals surface area (Å²) in [7, 11) is 0. The molecule has 0 saturated carbocycles. The number of amides is 1. The van der Waals surface area contributed by atoms with Crippen LogP contribution in [0.5, 0.6) is 0 Å². The van der Waals surface area contributed by atoms with Gasteiger partial charge in [-0.3, -0.25) is 15.0 Å². The van der Waals surface area contributed by atoms with Crippen LogP contribution in [0.2, 0.25) is 0 Å². The largest absolute Gasteiger partial charge is 0.408 e. The minimum Gasteiger partial charge on any atom is -0.408 e. The van der Waals surface area contributed by atoms with Gasteiger partial charge < -0.3 is 9.52 Å². The molecule has 1 aliphatic rings. The molecule has 1 aromatic heterocycles. The molecule has 1 aliphatic heterocycles. The van der Waals surface area contributed by atoms with Gasteiger partial charge in [-0.05, 0) is 25.8 Å². The number of nitrogens with one attached hydrogen (secondary N) is 1. The lowest BCUT2D eigenvalue weighted by atomic mass is 10.00. The van der Waals surface area contributed by atoms with Gasteiger partial charge in [-0.25, -0.2) is 0 Å². The third kappa shape index (κ3) is 4.00. The third-order valence-electron chi connectivity index (χ3n) is 3.33. The second-order valence-electron chi connectivity index (χ2n) is 4.81. The first-order valence-corrected chi connectivity index (χ1v) is 6.64. The molecule has 19 heavy (non-hydrogen) atoms. The molecule has 0 spiro atoms. The second-order valence-corrected chi connectivity index (χ2v) is 4.81. The van der Waals surface area contributed by atoms with Gasteiger partial charge in [0.2, 0.25) is 11.8 Å². The van der Waals surface area contributed by atoms with E-state index in [9.17, 15) is 4.79 Å². The van der Waals surface area contributed by atoms with Crippen molar-refractivity contribution in [2.75, 3.05) is 25.0 Å². The van der Waals surface area contributed by atoms with E-state index in [4.69, 9.17) is 9.52 Å². The number of hydrogen-bond acceptors (Lipinski definition) is 6. The Morgan fingerprint density at radius 3 is 3.05 bits per heavy atom. The van der Waals surface area contributed by atoms with Crippen LogP contribution in [0, 0.1) is 6.92 Å². The summed E-state index contributed by atoms with van der Waals surface area (Å²) in [5, 5.41) is 19.0. The number of carbonyl (C=O) groups excluding carboxylic acids is 1. The van der Waals surface area contributed by atoms with Crippen molar-refractivity contribution in [2.24, 2.45) is 0 Å². The Bertz CT molecular complexity index is 419. The minimum absolute atomic E-state index is 0.137. The third-order valence-corrected chi connectivity index (χ3v) is 3.33. The van der Waals surface area contributed by atoms with Crippen molar-refractivity contribution in [2.45, 2.75) is 38.6 Å². The zero-order valence-electron chi connectivity index (χ0n) is 11.1. The van der Waals surface area contributed by atoms with Crippen molar-refractivity contribution in [3.05, 3.63) is 5.89 Å². The maximum absolute atomic E-state index is 11.9. The van der Waals surface area contributed by atoms with Gasteiger partial charge in [0.05, 0.1) is 6.54 Å². The van der Waals surface area contributed by atoms with Crippen LogP contribution >= 0.6 is 0 Å². The van der Waals surface area contributed by atoms with Crippen LogP contribution in [0.15, 0.2) is 4.42 Å². The first kappa shape index (κ1) is 14.0. The van der Waals surface area contributed by atoms with Crippen LogP contribution in [0.1, 0.15) is 31.6 Å². The van der Waals surface area contributed by atoms with Crippen molar-refractivity contribution in [3.8, 4) is 0 Å². The Labute approximate surface area is 112 Å². The molecule has 1 amide bonds. The predicted molar refractivity (Wildman–Crippen MR) is 68.6 cm³/mol. The smallest absolute Gasteiger partial charge is 0.322 e. The van der Waals surface area contributed by atoms with Crippen molar-refractivity contribution in [1.29, 1.82) is 0 Å². The topological polar surface area (TPSA) is 91.5 Å². The molecule has 2 N–H and O–H groups in total. The van der Waals surface area contributed by atoms with Gasteiger partial charge in [0.15, 0.2) is 0 Å². The van der Waals surface area contributed by atoms with Gasteiger partial charge in [-0.15, -0.1) is 5.10 Å². The second kappa shape index (κ2) is 6.63. The molecule has 2 heterocycles. The number of aromatic nitrogens is 2. The van der Waals surface area contributed by atoms with E-state index >= 15 is 0 Å². The normalized spacial score (nSPS) is 20.4. The molecule has 1 atom stereocenters. The molecule has 2 rings (SSSR count). The minimum atomic E-state index is -0.159. The molecule has 0 radical (unpaired) electrons. The van der Waals surface area contributed by atoms with Crippen LogP contribution in [0.3, 0.4) is 0 Å². The first-order chi connectivity index (χ1) is 9.19. The molecule has 0 bridgehead atoms. The number of hydrogen-bond donors (Lipinski definition) is 2. The van der Waals surface area contributed by atoms with Crippen LogP contribution in [-0.2, 0) is 4.79 Å².